The van der Waals surface area contributed by atoms with Crippen LogP contribution in [0.15, 0.2) is 67.0 Å². The number of tetrazole rings is 1. The maximum absolute atomic E-state index is 12.9. The number of halogens is 1. The summed E-state index contributed by atoms with van der Waals surface area (Å²) in [7, 11) is 1.56. The van der Waals surface area contributed by atoms with Crippen LogP contribution in [0.5, 0.6) is 5.75 Å². The van der Waals surface area contributed by atoms with Crippen LogP contribution in [0.1, 0.15) is 18.0 Å². The highest BCUT2D eigenvalue weighted by molar-refractivity contribution is 6.30. The molecule has 0 fully saturated rings. The number of aromatic nitrogens is 5. The van der Waals surface area contributed by atoms with Gasteiger partial charge in [0.25, 0.3) is 0 Å². The number of aromatic amines is 1. The van der Waals surface area contributed by atoms with Crippen molar-refractivity contribution in [1.82, 2.24) is 25.2 Å². The zero-order chi connectivity index (χ0) is 20.9. The summed E-state index contributed by atoms with van der Waals surface area (Å²) in [5, 5.41) is 17.6. The largest absolute Gasteiger partial charge is 0.496 e. The number of nitrogens with zero attached hydrogens (tertiary/aromatic N) is 4. The number of anilines is 1. The molecular weight excluding hydrogens is 404 g/mol. The molecule has 0 aliphatic heterocycles. The van der Waals surface area contributed by atoms with Gasteiger partial charge in [-0.15, -0.1) is 10.2 Å². The number of carbonyl (C=O) groups excluding carboxylic acids is 1. The molecule has 30 heavy (non-hydrogen) atoms. The van der Waals surface area contributed by atoms with Gasteiger partial charge in [0, 0.05) is 23.1 Å². The van der Waals surface area contributed by atoms with Crippen LogP contribution < -0.4 is 10.1 Å². The standard InChI is InChI=1S/C21H19ClN6O2/c1-30-19-9-8-16(12-17(19)21-24-26-27-25-21)23-20(29)13-18(28-10-2-3-11-28)14-4-6-15(22)7-5-14/h2-12,18H,13H2,1H3,(H,23,29)(H,24,25,26,27). The van der Waals surface area contributed by atoms with Gasteiger partial charge in [-0.05, 0) is 53.2 Å². The van der Waals surface area contributed by atoms with E-state index >= 15 is 0 Å². The number of hydrogen-bond acceptors (Lipinski definition) is 5. The lowest BCUT2D eigenvalue weighted by Gasteiger charge is -2.19. The lowest BCUT2D eigenvalue weighted by atomic mass is 10.0. The highest BCUT2D eigenvalue weighted by atomic mass is 35.5. The molecule has 4 rings (SSSR count). The van der Waals surface area contributed by atoms with E-state index in [9.17, 15) is 4.79 Å². The number of H-pyrrole nitrogens is 1. The number of amides is 1. The van der Waals surface area contributed by atoms with Crippen LogP contribution in [-0.2, 0) is 4.79 Å². The van der Waals surface area contributed by atoms with Gasteiger partial charge in [0.15, 0.2) is 0 Å². The van der Waals surface area contributed by atoms with E-state index < -0.39 is 0 Å². The molecule has 0 spiro atoms. The first kappa shape index (κ1) is 19.7. The number of carbonyl (C=O) groups is 1. The van der Waals surface area contributed by atoms with E-state index in [-0.39, 0.29) is 18.4 Å². The first-order valence-corrected chi connectivity index (χ1v) is 9.61. The van der Waals surface area contributed by atoms with Gasteiger partial charge in [0.2, 0.25) is 11.7 Å². The van der Waals surface area contributed by atoms with E-state index in [1.807, 2.05) is 53.4 Å². The van der Waals surface area contributed by atoms with Crippen LogP contribution in [0.2, 0.25) is 5.02 Å². The molecule has 1 amide bonds. The molecule has 2 aromatic carbocycles. The molecule has 2 N–H and O–H groups in total. The smallest absolute Gasteiger partial charge is 0.226 e. The van der Waals surface area contributed by atoms with Crippen molar-refractivity contribution in [1.29, 1.82) is 0 Å². The quantitative estimate of drug-likeness (QED) is 0.470. The van der Waals surface area contributed by atoms with Gasteiger partial charge >= 0.3 is 0 Å². The monoisotopic (exact) mass is 422 g/mol. The Labute approximate surface area is 177 Å². The van der Waals surface area contributed by atoms with Crippen LogP contribution in [-0.4, -0.2) is 38.2 Å². The highest BCUT2D eigenvalue weighted by Gasteiger charge is 2.18. The first-order chi connectivity index (χ1) is 14.6. The molecule has 0 aliphatic carbocycles. The van der Waals surface area contributed by atoms with Crippen molar-refractivity contribution in [3.8, 4) is 17.1 Å². The lowest BCUT2D eigenvalue weighted by molar-refractivity contribution is -0.116. The molecule has 9 heteroatoms. The van der Waals surface area contributed by atoms with E-state index in [4.69, 9.17) is 16.3 Å². The van der Waals surface area contributed by atoms with Crippen molar-refractivity contribution >= 4 is 23.2 Å². The van der Waals surface area contributed by atoms with Crippen LogP contribution in [0.3, 0.4) is 0 Å². The maximum atomic E-state index is 12.9. The van der Waals surface area contributed by atoms with Crippen molar-refractivity contribution < 1.29 is 9.53 Å². The lowest BCUT2D eigenvalue weighted by Crippen LogP contribution is -2.19. The normalized spacial score (nSPS) is 11.8. The van der Waals surface area contributed by atoms with Gasteiger partial charge in [0.05, 0.1) is 25.1 Å². The van der Waals surface area contributed by atoms with Crippen molar-refractivity contribution in [3.63, 3.8) is 0 Å². The molecule has 1 atom stereocenters. The Morgan fingerprint density at radius 3 is 2.63 bits per heavy atom. The van der Waals surface area contributed by atoms with E-state index in [1.54, 1.807) is 25.3 Å². The first-order valence-electron chi connectivity index (χ1n) is 9.23. The number of hydrogen-bond donors (Lipinski definition) is 2. The summed E-state index contributed by atoms with van der Waals surface area (Å²) in [4.78, 5) is 12.9. The second-order valence-corrected chi connectivity index (χ2v) is 7.04. The Morgan fingerprint density at radius 1 is 1.20 bits per heavy atom. The summed E-state index contributed by atoms with van der Waals surface area (Å²) in [6.45, 7) is 0. The molecule has 8 nitrogen and oxygen atoms in total. The van der Waals surface area contributed by atoms with Crippen molar-refractivity contribution in [2.24, 2.45) is 0 Å². The summed E-state index contributed by atoms with van der Waals surface area (Å²) in [5.74, 6) is 0.836. The molecule has 0 saturated heterocycles. The molecule has 0 saturated carbocycles. The fourth-order valence-corrected chi connectivity index (χ4v) is 3.39. The molecule has 2 heterocycles. The number of benzene rings is 2. The predicted octanol–water partition coefficient (Wildman–Crippen LogP) is 3.95. The maximum Gasteiger partial charge on any atom is 0.226 e. The van der Waals surface area contributed by atoms with Gasteiger partial charge in [-0.1, -0.05) is 23.7 Å². The highest BCUT2D eigenvalue weighted by Crippen LogP contribution is 2.30. The Bertz CT molecular complexity index is 1110. The van der Waals surface area contributed by atoms with Gasteiger partial charge in [-0.25, -0.2) is 0 Å². The van der Waals surface area contributed by atoms with Gasteiger partial charge in [-0.2, -0.15) is 5.21 Å². The zero-order valence-corrected chi connectivity index (χ0v) is 16.9. The van der Waals surface area contributed by atoms with Crippen molar-refractivity contribution in [3.05, 3.63) is 77.6 Å². The Balaban J connectivity index is 1.55. The van der Waals surface area contributed by atoms with Crippen LogP contribution >= 0.6 is 11.6 Å². The molecule has 1 unspecified atom stereocenters. The Hall–Kier alpha value is -3.65. The predicted molar refractivity (Wildman–Crippen MR) is 113 cm³/mol. The Morgan fingerprint density at radius 2 is 1.97 bits per heavy atom. The fourth-order valence-electron chi connectivity index (χ4n) is 3.26. The second kappa shape index (κ2) is 8.79. The third-order valence-corrected chi connectivity index (χ3v) is 4.94. The number of methoxy groups -OCH3 is 1. The minimum atomic E-state index is -0.160. The third kappa shape index (κ3) is 4.33. The summed E-state index contributed by atoms with van der Waals surface area (Å²) < 4.78 is 7.36. The molecule has 0 bridgehead atoms. The van der Waals surface area contributed by atoms with Crippen LogP contribution in [0.25, 0.3) is 11.4 Å². The molecule has 152 valence electrons. The minimum absolute atomic E-state index is 0.132. The third-order valence-electron chi connectivity index (χ3n) is 4.69. The molecule has 2 aromatic heterocycles. The molecule has 4 aromatic rings. The van der Waals surface area contributed by atoms with E-state index in [0.29, 0.717) is 27.8 Å². The van der Waals surface area contributed by atoms with E-state index in [0.717, 1.165) is 5.56 Å². The second-order valence-electron chi connectivity index (χ2n) is 6.60. The van der Waals surface area contributed by atoms with Gasteiger partial charge in [-0.3, -0.25) is 4.79 Å². The summed E-state index contributed by atoms with van der Waals surface area (Å²) >= 11 is 6.02. The summed E-state index contributed by atoms with van der Waals surface area (Å²) in [6.07, 6.45) is 4.13. The average Bonchev–Trinajstić information content (AvgIpc) is 3.47. The minimum Gasteiger partial charge on any atom is -0.496 e. The van der Waals surface area contributed by atoms with Gasteiger partial charge < -0.3 is 14.6 Å². The SMILES string of the molecule is COc1ccc(NC(=O)CC(c2ccc(Cl)cc2)n2cccc2)cc1-c1nn[nH]n1. The van der Waals surface area contributed by atoms with Gasteiger partial charge in [0.1, 0.15) is 5.75 Å². The number of ether oxygens (including phenoxy) is 1. The van der Waals surface area contributed by atoms with Crippen molar-refractivity contribution in [2.75, 3.05) is 12.4 Å². The van der Waals surface area contributed by atoms with E-state index in [2.05, 4.69) is 25.9 Å². The summed E-state index contributed by atoms with van der Waals surface area (Å²) in [5.41, 5.74) is 2.24. The Kier molecular flexibility index (Phi) is 5.76. The number of rotatable bonds is 7. The topological polar surface area (TPSA) is 97.7 Å². The fraction of sp³-hybridized carbons (Fsp3) is 0.143. The van der Waals surface area contributed by atoms with Crippen LogP contribution in [0.4, 0.5) is 5.69 Å². The average molecular weight is 423 g/mol. The van der Waals surface area contributed by atoms with E-state index in [1.165, 1.54) is 0 Å². The molecule has 0 radical (unpaired) electrons. The zero-order valence-electron chi connectivity index (χ0n) is 16.1. The number of nitrogens with one attached hydrogen (secondary N) is 2. The molecular formula is C21H19ClN6O2. The van der Waals surface area contributed by atoms with Crippen LogP contribution in [0, 0.1) is 0 Å². The molecule has 0 aliphatic rings. The summed E-state index contributed by atoms with van der Waals surface area (Å²) in [6, 6.07) is 16.5. The van der Waals surface area contributed by atoms with Crippen molar-refractivity contribution in [2.45, 2.75) is 12.5 Å².